The molecular weight excluding hydrogens is 152 g/mol. The second-order valence-electron chi connectivity index (χ2n) is 4.75. The standard InChI is InChI=1S/C10H18S/c1-7-4-5-8-6-9(7)11-10(8,2)3/h7-9H,4-6H2,1-3H3/t7?,8?,9-/m1/s1. The maximum atomic E-state index is 2.43. The summed E-state index contributed by atoms with van der Waals surface area (Å²) in [4.78, 5) is 0. The summed E-state index contributed by atoms with van der Waals surface area (Å²) in [5.74, 6) is 2.01. The maximum Gasteiger partial charge on any atom is 0.0135 e. The van der Waals surface area contributed by atoms with Gasteiger partial charge in [0.1, 0.15) is 0 Å². The van der Waals surface area contributed by atoms with Crippen LogP contribution in [0.1, 0.15) is 40.0 Å². The first-order valence-electron chi connectivity index (χ1n) is 4.77. The van der Waals surface area contributed by atoms with Gasteiger partial charge < -0.3 is 0 Å². The van der Waals surface area contributed by atoms with Crippen molar-refractivity contribution in [1.29, 1.82) is 0 Å². The number of thioether (sulfide) groups is 1. The predicted molar refractivity (Wildman–Crippen MR) is 52.0 cm³/mol. The molecule has 2 bridgehead atoms. The van der Waals surface area contributed by atoms with Crippen molar-refractivity contribution in [2.24, 2.45) is 11.8 Å². The van der Waals surface area contributed by atoms with E-state index >= 15 is 0 Å². The predicted octanol–water partition coefficient (Wildman–Crippen LogP) is 3.32. The van der Waals surface area contributed by atoms with Crippen molar-refractivity contribution in [3.8, 4) is 0 Å². The van der Waals surface area contributed by atoms with Gasteiger partial charge in [0.15, 0.2) is 0 Å². The van der Waals surface area contributed by atoms with E-state index in [1.54, 1.807) is 0 Å². The topological polar surface area (TPSA) is 0 Å². The SMILES string of the molecule is CC1CCC2C[C@H]1SC2(C)C. The molecule has 2 fully saturated rings. The molecule has 0 aromatic heterocycles. The lowest BCUT2D eigenvalue weighted by Gasteiger charge is -2.26. The normalized spacial score (nSPS) is 47.7. The van der Waals surface area contributed by atoms with E-state index < -0.39 is 0 Å². The van der Waals surface area contributed by atoms with E-state index in [9.17, 15) is 0 Å². The quantitative estimate of drug-likeness (QED) is 0.537. The van der Waals surface area contributed by atoms with Gasteiger partial charge in [-0.1, -0.05) is 20.8 Å². The van der Waals surface area contributed by atoms with Gasteiger partial charge in [-0.05, 0) is 31.1 Å². The molecule has 2 rings (SSSR count). The molecule has 2 unspecified atom stereocenters. The van der Waals surface area contributed by atoms with Gasteiger partial charge in [-0.2, -0.15) is 11.8 Å². The minimum atomic E-state index is 0.593. The number of hydrogen-bond acceptors (Lipinski definition) is 1. The highest BCUT2D eigenvalue weighted by atomic mass is 32.2. The summed E-state index contributed by atoms with van der Waals surface area (Å²) in [6, 6.07) is 0. The van der Waals surface area contributed by atoms with Crippen LogP contribution in [0.3, 0.4) is 0 Å². The molecule has 0 aromatic rings. The highest BCUT2D eigenvalue weighted by Gasteiger charge is 2.45. The summed E-state index contributed by atoms with van der Waals surface area (Å²) in [6.07, 6.45) is 4.46. The van der Waals surface area contributed by atoms with E-state index in [1.807, 2.05) is 0 Å². The molecule has 64 valence electrons. The Bertz CT molecular complexity index is 162. The lowest BCUT2D eigenvalue weighted by molar-refractivity contribution is 0.290. The van der Waals surface area contributed by atoms with Gasteiger partial charge in [0.05, 0.1) is 0 Å². The van der Waals surface area contributed by atoms with Crippen LogP contribution in [0.15, 0.2) is 0 Å². The van der Waals surface area contributed by atoms with Gasteiger partial charge >= 0.3 is 0 Å². The zero-order valence-electron chi connectivity index (χ0n) is 7.76. The molecule has 0 amide bonds. The van der Waals surface area contributed by atoms with E-state index in [2.05, 4.69) is 32.5 Å². The lowest BCUT2D eigenvalue weighted by atomic mass is 9.78. The average Bonchev–Trinajstić information content (AvgIpc) is 2.16. The molecule has 0 spiro atoms. The molecule has 1 aliphatic carbocycles. The highest BCUT2D eigenvalue weighted by Crippen LogP contribution is 2.55. The van der Waals surface area contributed by atoms with Crippen LogP contribution < -0.4 is 0 Å². The van der Waals surface area contributed by atoms with Crippen molar-refractivity contribution >= 4 is 11.8 Å². The number of rotatable bonds is 0. The van der Waals surface area contributed by atoms with Crippen molar-refractivity contribution in [1.82, 2.24) is 0 Å². The molecule has 3 atom stereocenters. The van der Waals surface area contributed by atoms with Crippen molar-refractivity contribution < 1.29 is 0 Å². The summed E-state index contributed by atoms with van der Waals surface area (Å²) >= 11 is 2.25. The molecule has 1 aliphatic heterocycles. The van der Waals surface area contributed by atoms with Gasteiger partial charge in [0, 0.05) is 10.00 Å². The van der Waals surface area contributed by atoms with Crippen LogP contribution in [0.5, 0.6) is 0 Å². The molecule has 0 nitrogen and oxygen atoms in total. The molecule has 0 aromatic carbocycles. The molecule has 1 saturated carbocycles. The smallest absolute Gasteiger partial charge is 0.0135 e. The minimum Gasteiger partial charge on any atom is -0.152 e. The number of fused-ring (bicyclic) bond motifs is 2. The summed E-state index contributed by atoms with van der Waals surface area (Å²) in [6.45, 7) is 7.29. The van der Waals surface area contributed by atoms with Gasteiger partial charge in [-0.3, -0.25) is 0 Å². The minimum absolute atomic E-state index is 0.593. The highest BCUT2D eigenvalue weighted by molar-refractivity contribution is 8.01. The van der Waals surface area contributed by atoms with E-state index in [-0.39, 0.29) is 0 Å². The zero-order valence-corrected chi connectivity index (χ0v) is 8.58. The van der Waals surface area contributed by atoms with Crippen LogP contribution >= 0.6 is 11.8 Å². The summed E-state index contributed by atoms with van der Waals surface area (Å²) in [7, 11) is 0. The monoisotopic (exact) mass is 170 g/mol. The lowest BCUT2D eigenvalue weighted by Crippen LogP contribution is -2.23. The zero-order chi connectivity index (χ0) is 8.06. The Hall–Kier alpha value is 0.350. The third kappa shape index (κ3) is 1.22. The first-order chi connectivity index (χ1) is 5.09. The Morgan fingerprint density at radius 3 is 2.64 bits per heavy atom. The third-order valence-corrected chi connectivity index (χ3v) is 5.46. The van der Waals surface area contributed by atoms with E-state index in [0.29, 0.717) is 4.75 Å². The molecule has 1 heteroatoms. The fourth-order valence-electron chi connectivity index (χ4n) is 2.56. The molecule has 1 saturated heterocycles. The van der Waals surface area contributed by atoms with E-state index in [0.717, 1.165) is 17.1 Å². The van der Waals surface area contributed by atoms with E-state index in [4.69, 9.17) is 0 Å². The van der Waals surface area contributed by atoms with Gasteiger partial charge in [0.25, 0.3) is 0 Å². The first kappa shape index (κ1) is 7.97. The van der Waals surface area contributed by atoms with E-state index in [1.165, 1.54) is 19.3 Å². The number of hydrogen-bond donors (Lipinski definition) is 0. The molecular formula is C10H18S. The van der Waals surface area contributed by atoms with Crippen LogP contribution in [0.25, 0.3) is 0 Å². The van der Waals surface area contributed by atoms with Crippen molar-refractivity contribution in [3.05, 3.63) is 0 Å². The van der Waals surface area contributed by atoms with Crippen LogP contribution in [-0.2, 0) is 0 Å². The van der Waals surface area contributed by atoms with Gasteiger partial charge in [-0.15, -0.1) is 0 Å². The third-order valence-electron chi connectivity index (χ3n) is 3.56. The maximum absolute atomic E-state index is 2.43. The van der Waals surface area contributed by atoms with Gasteiger partial charge in [0.2, 0.25) is 0 Å². The second kappa shape index (κ2) is 2.42. The van der Waals surface area contributed by atoms with Crippen molar-refractivity contribution in [3.63, 3.8) is 0 Å². The first-order valence-corrected chi connectivity index (χ1v) is 5.65. The summed E-state index contributed by atoms with van der Waals surface area (Å²) in [5, 5.41) is 0.990. The average molecular weight is 170 g/mol. The Balaban J connectivity index is 2.16. The summed E-state index contributed by atoms with van der Waals surface area (Å²) in [5.41, 5.74) is 0. The van der Waals surface area contributed by atoms with Crippen LogP contribution in [0, 0.1) is 11.8 Å². The second-order valence-corrected chi connectivity index (χ2v) is 6.64. The van der Waals surface area contributed by atoms with Crippen LogP contribution in [-0.4, -0.2) is 10.00 Å². The Kier molecular flexibility index (Phi) is 1.75. The Labute approximate surface area is 74.1 Å². The largest absolute Gasteiger partial charge is 0.152 e. The van der Waals surface area contributed by atoms with Crippen molar-refractivity contribution in [2.45, 2.75) is 50.0 Å². The fourth-order valence-corrected chi connectivity index (χ4v) is 4.45. The Morgan fingerprint density at radius 1 is 1.27 bits per heavy atom. The molecule has 2 aliphatic rings. The molecule has 11 heavy (non-hydrogen) atoms. The fraction of sp³-hybridized carbons (Fsp3) is 1.00. The Morgan fingerprint density at radius 2 is 2.00 bits per heavy atom. The van der Waals surface area contributed by atoms with Gasteiger partial charge in [-0.25, -0.2) is 0 Å². The summed E-state index contributed by atoms with van der Waals surface area (Å²) < 4.78 is 0.593. The van der Waals surface area contributed by atoms with Crippen LogP contribution in [0.2, 0.25) is 0 Å². The molecule has 1 heterocycles. The van der Waals surface area contributed by atoms with Crippen LogP contribution in [0.4, 0.5) is 0 Å². The molecule has 0 N–H and O–H groups in total. The molecule has 0 radical (unpaired) electrons. The van der Waals surface area contributed by atoms with Crippen molar-refractivity contribution in [2.75, 3.05) is 0 Å².